The monoisotopic (exact) mass is 495 g/mol. The van der Waals surface area contributed by atoms with Gasteiger partial charge in [0.15, 0.2) is 5.65 Å². The predicted molar refractivity (Wildman–Crippen MR) is 114 cm³/mol. The SMILES string of the molecule is COc1ccc(CNc2ncnc3c2c(I)nn3C2CCCOC2)c(OC)c1. The third-order valence-electron chi connectivity index (χ3n) is 4.87. The second-order valence-electron chi connectivity index (χ2n) is 6.56. The molecule has 1 aliphatic heterocycles. The molecule has 1 saturated heterocycles. The number of nitrogens with one attached hydrogen (secondary N) is 1. The summed E-state index contributed by atoms with van der Waals surface area (Å²) in [5.41, 5.74) is 1.84. The van der Waals surface area contributed by atoms with Crippen LogP contribution < -0.4 is 14.8 Å². The molecule has 4 rings (SSSR count). The van der Waals surface area contributed by atoms with Crippen molar-refractivity contribution in [3.8, 4) is 11.5 Å². The summed E-state index contributed by atoms with van der Waals surface area (Å²) in [6.45, 7) is 2.05. The van der Waals surface area contributed by atoms with E-state index in [0.717, 1.165) is 57.1 Å². The Morgan fingerprint density at radius 1 is 1.29 bits per heavy atom. The van der Waals surface area contributed by atoms with Crippen molar-refractivity contribution in [1.82, 2.24) is 19.7 Å². The van der Waals surface area contributed by atoms with Gasteiger partial charge in [0.05, 0.1) is 32.3 Å². The largest absolute Gasteiger partial charge is 0.497 e. The van der Waals surface area contributed by atoms with Crippen LogP contribution in [0.2, 0.25) is 0 Å². The minimum atomic E-state index is 0.212. The molecule has 28 heavy (non-hydrogen) atoms. The van der Waals surface area contributed by atoms with Crippen LogP contribution in [0.1, 0.15) is 24.4 Å². The van der Waals surface area contributed by atoms with E-state index in [9.17, 15) is 0 Å². The summed E-state index contributed by atoms with van der Waals surface area (Å²) >= 11 is 2.24. The zero-order valence-electron chi connectivity index (χ0n) is 15.8. The first-order chi connectivity index (χ1) is 13.7. The van der Waals surface area contributed by atoms with Crippen molar-refractivity contribution in [2.75, 3.05) is 32.8 Å². The van der Waals surface area contributed by atoms with Crippen molar-refractivity contribution >= 4 is 39.4 Å². The summed E-state index contributed by atoms with van der Waals surface area (Å²) in [6.07, 6.45) is 3.66. The average molecular weight is 495 g/mol. The molecule has 0 spiro atoms. The Hall–Kier alpha value is -2.14. The molecule has 0 bridgehead atoms. The number of anilines is 1. The average Bonchev–Trinajstić information content (AvgIpc) is 3.10. The molecule has 1 unspecified atom stereocenters. The lowest BCUT2D eigenvalue weighted by Gasteiger charge is -2.22. The van der Waals surface area contributed by atoms with E-state index in [2.05, 4.69) is 37.9 Å². The van der Waals surface area contributed by atoms with Gasteiger partial charge in [-0.15, -0.1) is 0 Å². The molecule has 3 heterocycles. The molecule has 148 valence electrons. The van der Waals surface area contributed by atoms with Crippen LogP contribution in [-0.4, -0.2) is 47.2 Å². The van der Waals surface area contributed by atoms with Gasteiger partial charge >= 0.3 is 0 Å². The minimum Gasteiger partial charge on any atom is -0.497 e. The van der Waals surface area contributed by atoms with E-state index >= 15 is 0 Å². The fraction of sp³-hybridized carbons (Fsp3) is 0.421. The third kappa shape index (κ3) is 3.72. The molecular weight excluding hydrogens is 473 g/mol. The van der Waals surface area contributed by atoms with Crippen molar-refractivity contribution in [1.29, 1.82) is 0 Å². The van der Waals surface area contributed by atoms with Crippen LogP contribution in [0.5, 0.6) is 11.5 Å². The number of hydrogen-bond donors (Lipinski definition) is 1. The number of nitrogens with zero attached hydrogens (tertiary/aromatic N) is 4. The smallest absolute Gasteiger partial charge is 0.164 e. The highest BCUT2D eigenvalue weighted by molar-refractivity contribution is 14.1. The van der Waals surface area contributed by atoms with E-state index in [0.29, 0.717) is 13.2 Å². The molecule has 1 atom stereocenters. The Morgan fingerprint density at radius 3 is 2.93 bits per heavy atom. The number of methoxy groups -OCH3 is 2. The maximum absolute atomic E-state index is 5.63. The van der Waals surface area contributed by atoms with Gasteiger partial charge in [0.2, 0.25) is 0 Å². The number of halogens is 1. The van der Waals surface area contributed by atoms with Crippen LogP contribution in [0, 0.1) is 3.70 Å². The van der Waals surface area contributed by atoms with Crippen molar-refractivity contribution in [2.24, 2.45) is 0 Å². The zero-order chi connectivity index (χ0) is 19.5. The van der Waals surface area contributed by atoms with Crippen LogP contribution in [0.3, 0.4) is 0 Å². The summed E-state index contributed by atoms with van der Waals surface area (Å²) < 4.78 is 19.2. The van der Waals surface area contributed by atoms with Crippen LogP contribution in [-0.2, 0) is 11.3 Å². The molecule has 3 aromatic rings. The normalized spacial score (nSPS) is 16.9. The highest BCUT2D eigenvalue weighted by atomic mass is 127. The molecule has 9 heteroatoms. The maximum atomic E-state index is 5.63. The van der Waals surface area contributed by atoms with Crippen LogP contribution in [0.25, 0.3) is 11.0 Å². The van der Waals surface area contributed by atoms with Crippen LogP contribution in [0.4, 0.5) is 5.82 Å². The minimum absolute atomic E-state index is 0.212. The first kappa shape index (κ1) is 19.2. The number of ether oxygens (including phenoxy) is 3. The summed E-state index contributed by atoms with van der Waals surface area (Å²) in [4.78, 5) is 8.95. The van der Waals surface area contributed by atoms with Crippen molar-refractivity contribution in [3.63, 3.8) is 0 Å². The van der Waals surface area contributed by atoms with E-state index in [4.69, 9.17) is 19.3 Å². The van der Waals surface area contributed by atoms with Gasteiger partial charge in [-0.25, -0.2) is 14.6 Å². The zero-order valence-corrected chi connectivity index (χ0v) is 18.0. The van der Waals surface area contributed by atoms with Gasteiger partial charge in [0.25, 0.3) is 0 Å². The standard InChI is InChI=1S/C19H22IN5O3/c1-26-14-6-5-12(15(8-14)27-2)9-21-18-16-17(20)24-25(19(16)23-11-22-18)13-4-3-7-28-10-13/h5-6,8,11,13H,3-4,7,9-10H2,1-2H3,(H,21,22,23). The lowest BCUT2D eigenvalue weighted by Crippen LogP contribution is -2.22. The lowest BCUT2D eigenvalue weighted by molar-refractivity contribution is 0.0561. The number of fused-ring (bicyclic) bond motifs is 1. The Balaban J connectivity index is 1.62. The van der Waals surface area contributed by atoms with Crippen molar-refractivity contribution in [3.05, 3.63) is 33.8 Å². The number of aromatic nitrogens is 4. The molecule has 1 N–H and O–H groups in total. The van der Waals surface area contributed by atoms with E-state index in [1.165, 1.54) is 0 Å². The van der Waals surface area contributed by atoms with Gasteiger partial charge in [-0.05, 0) is 47.6 Å². The number of benzene rings is 1. The molecule has 2 aromatic heterocycles. The Bertz CT molecular complexity index is 972. The van der Waals surface area contributed by atoms with E-state index in [1.54, 1.807) is 20.5 Å². The van der Waals surface area contributed by atoms with Crippen LogP contribution in [0.15, 0.2) is 24.5 Å². The molecule has 0 amide bonds. The van der Waals surface area contributed by atoms with E-state index < -0.39 is 0 Å². The summed E-state index contributed by atoms with van der Waals surface area (Å²) in [7, 11) is 3.29. The highest BCUT2D eigenvalue weighted by Crippen LogP contribution is 2.31. The Labute approximate surface area is 176 Å². The van der Waals surface area contributed by atoms with Crippen molar-refractivity contribution < 1.29 is 14.2 Å². The summed E-state index contributed by atoms with van der Waals surface area (Å²) in [5, 5.41) is 9.07. The van der Waals surface area contributed by atoms with Gasteiger partial charge in [-0.3, -0.25) is 0 Å². The second-order valence-corrected chi connectivity index (χ2v) is 7.58. The predicted octanol–water partition coefficient (Wildman–Crippen LogP) is 3.41. The third-order valence-corrected chi connectivity index (χ3v) is 5.62. The first-order valence-electron chi connectivity index (χ1n) is 9.12. The maximum Gasteiger partial charge on any atom is 0.164 e. The molecule has 0 aliphatic carbocycles. The quantitative estimate of drug-likeness (QED) is 0.525. The van der Waals surface area contributed by atoms with E-state index in [1.807, 2.05) is 22.9 Å². The van der Waals surface area contributed by atoms with Gasteiger partial charge in [0, 0.05) is 24.8 Å². The molecule has 1 aliphatic rings. The van der Waals surface area contributed by atoms with Crippen molar-refractivity contribution in [2.45, 2.75) is 25.4 Å². The number of rotatable bonds is 6. The molecular formula is C19H22IN5O3. The molecule has 8 nitrogen and oxygen atoms in total. The molecule has 0 radical (unpaired) electrons. The fourth-order valence-electron chi connectivity index (χ4n) is 3.41. The summed E-state index contributed by atoms with van der Waals surface area (Å²) in [6, 6.07) is 5.98. The molecule has 1 fully saturated rings. The van der Waals surface area contributed by atoms with Gasteiger partial charge in [-0.1, -0.05) is 0 Å². The fourth-order valence-corrected chi connectivity index (χ4v) is 4.14. The van der Waals surface area contributed by atoms with Crippen LogP contribution >= 0.6 is 22.6 Å². The van der Waals surface area contributed by atoms with Gasteiger partial charge in [-0.2, -0.15) is 5.10 Å². The second kappa shape index (κ2) is 8.48. The summed E-state index contributed by atoms with van der Waals surface area (Å²) in [5.74, 6) is 2.28. The molecule has 1 aromatic carbocycles. The Kier molecular flexibility index (Phi) is 5.81. The lowest BCUT2D eigenvalue weighted by atomic mass is 10.1. The Morgan fingerprint density at radius 2 is 2.18 bits per heavy atom. The molecule has 0 saturated carbocycles. The van der Waals surface area contributed by atoms with Gasteiger partial charge in [0.1, 0.15) is 27.3 Å². The highest BCUT2D eigenvalue weighted by Gasteiger charge is 2.23. The first-order valence-corrected chi connectivity index (χ1v) is 10.2. The van der Waals surface area contributed by atoms with E-state index in [-0.39, 0.29) is 6.04 Å². The topological polar surface area (TPSA) is 83.3 Å². The number of hydrogen-bond acceptors (Lipinski definition) is 7. The van der Waals surface area contributed by atoms with Gasteiger partial charge < -0.3 is 19.5 Å².